The average molecular weight is 400 g/mol. The van der Waals surface area contributed by atoms with Crippen molar-refractivity contribution >= 4 is 29.1 Å². The third-order valence-electron chi connectivity index (χ3n) is 4.83. The highest BCUT2D eigenvalue weighted by Gasteiger charge is 2.45. The van der Waals surface area contributed by atoms with Crippen LogP contribution in [-0.4, -0.2) is 35.4 Å². The van der Waals surface area contributed by atoms with Crippen molar-refractivity contribution in [1.82, 2.24) is 4.90 Å². The molecular formula is C22H22ClNO4. The molecule has 5 nitrogen and oxygen atoms in total. The molecule has 2 aromatic rings. The van der Waals surface area contributed by atoms with Crippen molar-refractivity contribution in [3.8, 4) is 5.75 Å². The molecule has 2 aromatic carbocycles. The monoisotopic (exact) mass is 399 g/mol. The first-order chi connectivity index (χ1) is 13.5. The maximum atomic E-state index is 12.8. The van der Waals surface area contributed by atoms with Crippen LogP contribution >= 0.6 is 11.6 Å². The number of amides is 1. The van der Waals surface area contributed by atoms with Gasteiger partial charge in [0.05, 0.1) is 23.7 Å². The maximum absolute atomic E-state index is 12.8. The number of hydrogen-bond donors (Lipinski definition) is 1. The Balaban J connectivity index is 2.16. The predicted molar refractivity (Wildman–Crippen MR) is 108 cm³/mol. The molecule has 0 radical (unpaired) electrons. The first-order valence-electron chi connectivity index (χ1n) is 9.16. The number of hydrogen-bond acceptors (Lipinski definition) is 4. The Labute approximate surface area is 169 Å². The molecule has 28 heavy (non-hydrogen) atoms. The van der Waals surface area contributed by atoms with Crippen LogP contribution in [0.3, 0.4) is 0 Å². The molecule has 0 saturated carbocycles. The minimum Gasteiger partial charge on any atom is -0.507 e. The number of Topliss-reactive ketones (excluding diaryl/α,β-unsaturated/α-hetero) is 1. The molecule has 3 rings (SSSR count). The molecule has 1 unspecified atom stereocenters. The van der Waals surface area contributed by atoms with Crippen molar-refractivity contribution in [3.63, 3.8) is 0 Å². The fourth-order valence-corrected chi connectivity index (χ4v) is 3.58. The van der Waals surface area contributed by atoms with Gasteiger partial charge >= 0.3 is 0 Å². The summed E-state index contributed by atoms with van der Waals surface area (Å²) in [5.74, 6) is -1.13. The Bertz CT molecular complexity index is 923. The van der Waals surface area contributed by atoms with E-state index in [0.29, 0.717) is 22.9 Å². The molecule has 1 aliphatic heterocycles. The van der Waals surface area contributed by atoms with Crippen LogP contribution in [0.15, 0.2) is 54.1 Å². The van der Waals surface area contributed by atoms with Gasteiger partial charge in [-0.15, -0.1) is 0 Å². The Morgan fingerprint density at radius 2 is 1.89 bits per heavy atom. The first kappa shape index (κ1) is 20.0. The number of likely N-dealkylation sites (tertiary alicyclic amines) is 1. The zero-order valence-corrected chi connectivity index (χ0v) is 16.6. The van der Waals surface area contributed by atoms with Gasteiger partial charge in [0.1, 0.15) is 11.5 Å². The SMILES string of the molecule is CCCCN1C(=O)C(=O)/C(=C(\O)c2ccc(Cl)c(OC)c2)C1c1ccccc1. The normalized spacial score (nSPS) is 18.5. The molecule has 1 fully saturated rings. The summed E-state index contributed by atoms with van der Waals surface area (Å²) >= 11 is 6.07. The number of halogens is 1. The van der Waals surface area contributed by atoms with E-state index in [1.807, 2.05) is 37.3 Å². The quantitative estimate of drug-likeness (QED) is 0.439. The van der Waals surface area contributed by atoms with Crippen LogP contribution in [0.25, 0.3) is 5.76 Å². The molecule has 0 aromatic heterocycles. The zero-order chi connectivity index (χ0) is 20.3. The standard InChI is InChI=1S/C22H22ClNO4/c1-3-4-12-24-19(14-8-6-5-7-9-14)18(21(26)22(24)27)20(25)15-10-11-16(23)17(13-15)28-2/h5-11,13,19,25H,3-4,12H2,1-2H3/b20-18-. The van der Waals surface area contributed by atoms with Crippen LogP contribution < -0.4 is 4.74 Å². The van der Waals surface area contributed by atoms with Crippen molar-refractivity contribution in [3.05, 3.63) is 70.3 Å². The minimum absolute atomic E-state index is 0.0803. The predicted octanol–water partition coefficient (Wildman–Crippen LogP) is 4.57. The Hall–Kier alpha value is -2.79. The number of benzene rings is 2. The van der Waals surface area contributed by atoms with Crippen molar-refractivity contribution < 1.29 is 19.4 Å². The fraction of sp³-hybridized carbons (Fsp3) is 0.273. The Morgan fingerprint density at radius 1 is 1.18 bits per heavy atom. The van der Waals surface area contributed by atoms with E-state index in [0.717, 1.165) is 18.4 Å². The van der Waals surface area contributed by atoms with Crippen LogP contribution in [0.5, 0.6) is 5.75 Å². The maximum Gasteiger partial charge on any atom is 0.295 e. The number of aliphatic hydroxyl groups is 1. The van der Waals surface area contributed by atoms with E-state index >= 15 is 0 Å². The van der Waals surface area contributed by atoms with E-state index in [9.17, 15) is 14.7 Å². The topological polar surface area (TPSA) is 66.8 Å². The molecule has 0 aliphatic carbocycles. The molecule has 1 N–H and O–H groups in total. The Kier molecular flexibility index (Phi) is 6.05. The highest BCUT2D eigenvalue weighted by atomic mass is 35.5. The lowest BCUT2D eigenvalue weighted by Gasteiger charge is -2.25. The van der Waals surface area contributed by atoms with Gasteiger partial charge in [0.15, 0.2) is 0 Å². The van der Waals surface area contributed by atoms with Gasteiger partial charge in [0.25, 0.3) is 11.7 Å². The fourth-order valence-electron chi connectivity index (χ4n) is 3.38. The number of aliphatic hydroxyl groups excluding tert-OH is 1. The molecule has 146 valence electrons. The van der Waals surface area contributed by atoms with Crippen molar-refractivity contribution in [2.24, 2.45) is 0 Å². The number of unbranched alkanes of at least 4 members (excludes halogenated alkanes) is 1. The van der Waals surface area contributed by atoms with Gasteiger partial charge in [-0.3, -0.25) is 9.59 Å². The van der Waals surface area contributed by atoms with E-state index < -0.39 is 17.7 Å². The summed E-state index contributed by atoms with van der Waals surface area (Å²) < 4.78 is 5.20. The number of ether oxygens (including phenoxy) is 1. The minimum atomic E-state index is -0.684. The molecule has 1 aliphatic rings. The van der Waals surface area contributed by atoms with Gasteiger partial charge in [0.2, 0.25) is 0 Å². The second-order valence-corrected chi connectivity index (χ2v) is 7.01. The van der Waals surface area contributed by atoms with Gasteiger partial charge in [-0.1, -0.05) is 55.3 Å². The second kappa shape index (κ2) is 8.48. The number of nitrogens with zero attached hydrogens (tertiary/aromatic N) is 1. The zero-order valence-electron chi connectivity index (χ0n) is 15.8. The molecule has 1 saturated heterocycles. The van der Waals surface area contributed by atoms with Crippen molar-refractivity contribution in [2.75, 3.05) is 13.7 Å². The summed E-state index contributed by atoms with van der Waals surface area (Å²) in [6, 6.07) is 13.4. The smallest absolute Gasteiger partial charge is 0.295 e. The molecule has 1 amide bonds. The van der Waals surface area contributed by atoms with Crippen LogP contribution in [0, 0.1) is 0 Å². The molecule has 6 heteroatoms. The van der Waals surface area contributed by atoms with Crippen LogP contribution in [0.4, 0.5) is 0 Å². The van der Waals surface area contributed by atoms with Gasteiger partial charge in [-0.05, 0) is 30.2 Å². The number of methoxy groups -OCH3 is 1. The van der Waals surface area contributed by atoms with Gasteiger partial charge in [0, 0.05) is 12.1 Å². The third-order valence-corrected chi connectivity index (χ3v) is 5.14. The summed E-state index contributed by atoms with van der Waals surface area (Å²) in [6.07, 6.45) is 1.66. The van der Waals surface area contributed by atoms with E-state index in [1.54, 1.807) is 23.1 Å². The number of rotatable bonds is 6. The lowest BCUT2D eigenvalue weighted by atomic mass is 9.95. The Morgan fingerprint density at radius 3 is 2.54 bits per heavy atom. The van der Waals surface area contributed by atoms with E-state index in [2.05, 4.69) is 0 Å². The summed E-state index contributed by atoms with van der Waals surface area (Å²) in [4.78, 5) is 27.1. The summed E-state index contributed by atoms with van der Waals surface area (Å²) in [5, 5.41) is 11.4. The molecule has 0 spiro atoms. The third kappa shape index (κ3) is 3.62. The van der Waals surface area contributed by atoms with Crippen molar-refractivity contribution in [2.45, 2.75) is 25.8 Å². The van der Waals surface area contributed by atoms with Gasteiger partial charge < -0.3 is 14.7 Å². The van der Waals surface area contributed by atoms with Gasteiger partial charge in [-0.2, -0.15) is 0 Å². The van der Waals surface area contributed by atoms with Crippen LogP contribution in [0.2, 0.25) is 5.02 Å². The number of carbonyl (C=O) groups excluding carboxylic acids is 2. The number of ketones is 1. The van der Waals surface area contributed by atoms with E-state index in [1.165, 1.54) is 7.11 Å². The molecular weight excluding hydrogens is 378 g/mol. The lowest BCUT2D eigenvalue weighted by Crippen LogP contribution is -2.30. The molecule has 1 atom stereocenters. The highest BCUT2D eigenvalue weighted by molar-refractivity contribution is 6.46. The van der Waals surface area contributed by atoms with Gasteiger partial charge in [-0.25, -0.2) is 0 Å². The first-order valence-corrected chi connectivity index (χ1v) is 9.54. The largest absolute Gasteiger partial charge is 0.507 e. The lowest BCUT2D eigenvalue weighted by molar-refractivity contribution is -0.139. The molecule has 1 heterocycles. The summed E-state index contributed by atoms with van der Waals surface area (Å²) in [7, 11) is 1.47. The van der Waals surface area contributed by atoms with E-state index in [-0.39, 0.29) is 11.3 Å². The number of carbonyl (C=O) groups is 2. The van der Waals surface area contributed by atoms with Crippen molar-refractivity contribution in [1.29, 1.82) is 0 Å². The highest BCUT2D eigenvalue weighted by Crippen LogP contribution is 2.40. The van der Waals surface area contributed by atoms with E-state index in [4.69, 9.17) is 16.3 Å². The second-order valence-electron chi connectivity index (χ2n) is 6.61. The average Bonchev–Trinajstić information content (AvgIpc) is 2.97. The molecule has 0 bridgehead atoms. The van der Waals surface area contributed by atoms with Crippen LogP contribution in [-0.2, 0) is 9.59 Å². The summed E-state index contributed by atoms with van der Waals surface area (Å²) in [6.45, 7) is 2.47. The summed E-state index contributed by atoms with van der Waals surface area (Å²) in [5.41, 5.74) is 1.23. The van der Waals surface area contributed by atoms with Crippen LogP contribution in [0.1, 0.15) is 36.9 Å².